The van der Waals surface area contributed by atoms with Crippen molar-refractivity contribution in [1.82, 2.24) is 10.3 Å². The van der Waals surface area contributed by atoms with Crippen LogP contribution in [0.5, 0.6) is 0 Å². The minimum Gasteiger partial charge on any atom is -0.360 e. The van der Waals surface area contributed by atoms with E-state index in [4.69, 9.17) is 0 Å². The summed E-state index contributed by atoms with van der Waals surface area (Å²) in [5.41, 5.74) is 2.79. The van der Waals surface area contributed by atoms with Crippen LogP contribution >= 0.6 is 0 Å². The third kappa shape index (κ3) is 3.52. The molecule has 1 saturated carbocycles. The molecule has 0 saturated heterocycles. The summed E-state index contributed by atoms with van der Waals surface area (Å²) in [5, 5.41) is 15.2. The maximum Gasteiger partial charge on any atom is 0.239 e. The van der Waals surface area contributed by atoms with Crippen LogP contribution in [0.3, 0.4) is 0 Å². The molecular weight excluding hydrogens is 264 g/mol. The van der Waals surface area contributed by atoms with Crippen molar-refractivity contribution in [2.75, 3.05) is 18.4 Å². The van der Waals surface area contributed by atoms with Gasteiger partial charge in [-0.15, -0.1) is 0 Å². The van der Waals surface area contributed by atoms with Gasteiger partial charge in [0.2, 0.25) is 5.91 Å². The van der Waals surface area contributed by atoms with Gasteiger partial charge in [-0.25, -0.2) is 4.98 Å². The lowest BCUT2D eigenvalue weighted by atomic mass is 9.95. The summed E-state index contributed by atoms with van der Waals surface area (Å²) in [5.74, 6) is 1.18. The molecule has 5 heteroatoms. The molecule has 2 N–H and O–H groups in total. The van der Waals surface area contributed by atoms with Gasteiger partial charge in [0.1, 0.15) is 11.9 Å². The highest BCUT2D eigenvalue weighted by Crippen LogP contribution is 2.27. The van der Waals surface area contributed by atoms with E-state index in [-0.39, 0.29) is 12.5 Å². The fourth-order valence-corrected chi connectivity index (χ4v) is 2.66. The molecule has 1 fully saturated rings. The molecule has 1 amide bonds. The highest BCUT2D eigenvalue weighted by atomic mass is 16.1. The lowest BCUT2D eigenvalue weighted by molar-refractivity contribution is -0.119. The molecule has 5 nitrogen and oxygen atoms in total. The van der Waals surface area contributed by atoms with E-state index in [0.717, 1.165) is 37.9 Å². The molecule has 2 aliphatic rings. The van der Waals surface area contributed by atoms with E-state index in [0.29, 0.717) is 17.3 Å². The summed E-state index contributed by atoms with van der Waals surface area (Å²) in [7, 11) is 0. The molecule has 0 radical (unpaired) electrons. The Morgan fingerprint density at radius 1 is 1.38 bits per heavy atom. The van der Waals surface area contributed by atoms with Gasteiger partial charge in [-0.3, -0.25) is 4.79 Å². The second-order valence-electron chi connectivity index (χ2n) is 5.91. The number of pyridine rings is 1. The first-order valence-corrected chi connectivity index (χ1v) is 7.69. The van der Waals surface area contributed by atoms with E-state index >= 15 is 0 Å². The second kappa shape index (κ2) is 6.13. The van der Waals surface area contributed by atoms with Crippen molar-refractivity contribution in [3.63, 3.8) is 0 Å². The summed E-state index contributed by atoms with van der Waals surface area (Å²) in [6, 6.07) is 4.10. The van der Waals surface area contributed by atoms with Gasteiger partial charge < -0.3 is 10.6 Å². The monoisotopic (exact) mass is 284 g/mol. The number of aryl methyl sites for hydroxylation is 2. The van der Waals surface area contributed by atoms with Crippen LogP contribution in [0.2, 0.25) is 0 Å². The standard InChI is InChI=1S/C16H20N4O/c17-8-13-7-12-3-1-2-4-14(12)20-16(13)19-10-15(21)18-9-11-5-6-11/h7,11H,1-6,9-10H2,(H,18,21)(H,19,20). The Labute approximate surface area is 124 Å². The van der Waals surface area contributed by atoms with Crippen molar-refractivity contribution in [3.05, 3.63) is 22.9 Å². The van der Waals surface area contributed by atoms with Crippen molar-refractivity contribution < 1.29 is 4.79 Å². The zero-order valence-corrected chi connectivity index (χ0v) is 12.1. The molecule has 0 aromatic carbocycles. The van der Waals surface area contributed by atoms with E-state index in [1.54, 1.807) is 0 Å². The number of nitrogens with zero attached hydrogens (tertiary/aromatic N) is 2. The molecule has 3 rings (SSSR count). The second-order valence-corrected chi connectivity index (χ2v) is 5.91. The maximum absolute atomic E-state index is 11.8. The number of aromatic nitrogens is 1. The number of amides is 1. The van der Waals surface area contributed by atoms with Crippen LogP contribution in [0.25, 0.3) is 0 Å². The number of rotatable bonds is 5. The zero-order valence-electron chi connectivity index (χ0n) is 12.1. The van der Waals surface area contributed by atoms with E-state index < -0.39 is 0 Å². The van der Waals surface area contributed by atoms with Crippen molar-refractivity contribution in [1.29, 1.82) is 5.26 Å². The molecule has 1 heterocycles. The lowest BCUT2D eigenvalue weighted by Crippen LogP contribution is -2.31. The van der Waals surface area contributed by atoms with E-state index in [2.05, 4.69) is 21.7 Å². The molecule has 21 heavy (non-hydrogen) atoms. The van der Waals surface area contributed by atoms with Gasteiger partial charge in [0.05, 0.1) is 12.1 Å². The minimum atomic E-state index is -0.0367. The van der Waals surface area contributed by atoms with Gasteiger partial charge in [-0.2, -0.15) is 5.26 Å². The largest absolute Gasteiger partial charge is 0.360 e. The predicted octanol–water partition coefficient (Wildman–Crippen LogP) is 1.77. The predicted molar refractivity (Wildman–Crippen MR) is 79.8 cm³/mol. The summed E-state index contributed by atoms with van der Waals surface area (Å²) >= 11 is 0. The first-order chi connectivity index (χ1) is 10.3. The Bertz CT molecular complexity index is 587. The number of anilines is 1. The first-order valence-electron chi connectivity index (χ1n) is 7.69. The fraction of sp³-hybridized carbons (Fsp3) is 0.562. The Morgan fingerprint density at radius 3 is 2.95 bits per heavy atom. The van der Waals surface area contributed by atoms with Crippen LogP contribution in [0.1, 0.15) is 42.5 Å². The van der Waals surface area contributed by atoms with Gasteiger partial charge >= 0.3 is 0 Å². The molecule has 0 spiro atoms. The van der Waals surface area contributed by atoms with Crippen LogP contribution in [0, 0.1) is 17.2 Å². The summed E-state index contributed by atoms with van der Waals surface area (Å²) < 4.78 is 0. The Morgan fingerprint density at radius 2 is 2.19 bits per heavy atom. The van der Waals surface area contributed by atoms with E-state index in [1.165, 1.54) is 18.4 Å². The zero-order chi connectivity index (χ0) is 14.7. The molecule has 2 aliphatic carbocycles. The van der Waals surface area contributed by atoms with E-state index in [9.17, 15) is 10.1 Å². The summed E-state index contributed by atoms with van der Waals surface area (Å²) in [6.45, 7) is 0.941. The van der Waals surface area contributed by atoms with Crippen molar-refractivity contribution in [3.8, 4) is 6.07 Å². The molecular formula is C16H20N4O. The lowest BCUT2D eigenvalue weighted by Gasteiger charge is -2.17. The molecule has 110 valence electrons. The Hall–Kier alpha value is -2.09. The molecule has 0 unspecified atom stereocenters. The molecule has 1 aromatic rings. The normalized spacial score (nSPS) is 16.7. The quantitative estimate of drug-likeness (QED) is 0.864. The first kappa shape index (κ1) is 13.9. The van der Waals surface area contributed by atoms with Gasteiger partial charge in [-0.05, 0) is 56.1 Å². The van der Waals surface area contributed by atoms with Crippen molar-refractivity contribution in [2.24, 2.45) is 5.92 Å². The topological polar surface area (TPSA) is 77.8 Å². The van der Waals surface area contributed by atoms with Crippen LogP contribution in [0.15, 0.2) is 6.07 Å². The Kier molecular flexibility index (Phi) is 4.05. The number of nitrogens with one attached hydrogen (secondary N) is 2. The summed E-state index contributed by atoms with van der Waals surface area (Å²) in [4.78, 5) is 16.3. The number of fused-ring (bicyclic) bond motifs is 1. The highest BCUT2D eigenvalue weighted by molar-refractivity contribution is 5.80. The van der Waals surface area contributed by atoms with Crippen molar-refractivity contribution >= 4 is 11.7 Å². The van der Waals surface area contributed by atoms with Crippen LogP contribution < -0.4 is 10.6 Å². The smallest absolute Gasteiger partial charge is 0.239 e. The highest BCUT2D eigenvalue weighted by Gasteiger charge is 2.21. The van der Waals surface area contributed by atoms with E-state index in [1.807, 2.05) is 6.07 Å². The maximum atomic E-state index is 11.8. The Balaban J connectivity index is 1.63. The number of carbonyl (C=O) groups excluding carboxylic acids is 1. The van der Waals surface area contributed by atoms with Gasteiger partial charge in [-0.1, -0.05) is 0 Å². The minimum absolute atomic E-state index is 0.0367. The van der Waals surface area contributed by atoms with Gasteiger partial charge in [0.15, 0.2) is 0 Å². The molecule has 1 aromatic heterocycles. The number of hydrogen-bond acceptors (Lipinski definition) is 4. The third-order valence-electron chi connectivity index (χ3n) is 4.12. The fourth-order valence-electron chi connectivity index (χ4n) is 2.66. The molecule has 0 aliphatic heterocycles. The van der Waals surface area contributed by atoms with Crippen LogP contribution in [-0.4, -0.2) is 24.0 Å². The number of hydrogen-bond donors (Lipinski definition) is 2. The summed E-state index contributed by atoms with van der Waals surface area (Å²) in [6.07, 6.45) is 6.71. The third-order valence-corrected chi connectivity index (χ3v) is 4.12. The number of nitriles is 1. The van der Waals surface area contributed by atoms with Gasteiger partial charge in [0, 0.05) is 12.2 Å². The SMILES string of the molecule is N#Cc1cc2c(nc1NCC(=O)NCC1CC1)CCCC2. The van der Waals surface area contributed by atoms with Gasteiger partial charge in [0.25, 0.3) is 0 Å². The van der Waals surface area contributed by atoms with Crippen LogP contribution in [-0.2, 0) is 17.6 Å². The number of carbonyl (C=O) groups is 1. The molecule has 0 atom stereocenters. The van der Waals surface area contributed by atoms with Crippen molar-refractivity contribution in [2.45, 2.75) is 38.5 Å². The van der Waals surface area contributed by atoms with Crippen LogP contribution in [0.4, 0.5) is 5.82 Å². The average molecular weight is 284 g/mol. The average Bonchev–Trinajstić information content (AvgIpc) is 3.34. The molecule has 0 bridgehead atoms.